The molecule has 0 radical (unpaired) electrons. The van der Waals surface area contributed by atoms with Gasteiger partial charge in [-0.2, -0.15) is 22.0 Å². The molecule has 0 atom stereocenters. The summed E-state index contributed by atoms with van der Waals surface area (Å²) in [6.07, 6.45) is -3.36. The Hall–Kier alpha value is -1.46. The number of carbonyl (C=O) groups is 1. The summed E-state index contributed by atoms with van der Waals surface area (Å²) in [4.78, 5) is 11.2. The summed E-state index contributed by atoms with van der Waals surface area (Å²) in [5, 5.41) is 0. The van der Waals surface area contributed by atoms with Crippen LogP contribution in [-0.4, -0.2) is 17.9 Å². The van der Waals surface area contributed by atoms with E-state index in [0.29, 0.717) is 6.42 Å². The molecule has 0 saturated heterocycles. The number of hydrogen-bond acceptors (Lipinski definition) is 1. The van der Waals surface area contributed by atoms with Gasteiger partial charge in [0.15, 0.2) is 0 Å². The average molecular weight is 280 g/mol. The van der Waals surface area contributed by atoms with Gasteiger partial charge in [-0.1, -0.05) is 37.6 Å². The fourth-order valence-electron chi connectivity index (χ4n) is 1.51. The van der Waals surface area contributed by atoms with Crippen LogP contribution in [0.4, 0.5) is 22.0 Å². The fourth-order valence-corrected chi connectivity index (χ4v) is 1.51. The van der Waals surface area contributed by atoms with E-state index in [9.17, 15) is 26.7 Å². The Morgan fingerprint density at radius 3 is 2.00 bits per heavy atom. The van der Waals surface area contributed by atoms with Gasteiger partial charge in [0.05, 0.1) is 0 Å². The van der Waals surface area contributed by atoms with Crippen LogP contribution in [0.3, 0.4) is 0 Å². The van der Waals surface area contributed by atoms with Crippen molar-refractivity contribution >= 4 is 5.78 Å². The summed E-state index contributed by atoms with van der Waals surface area (Å²) in [5.41, 5.74) is 0.163. The van der Waals surface area contributed by atoms with Crippen molar-refractivity contribution in [1.29, 1.82) is 0 Å². The number of halogens is 5. The van der Waals surface area contributed by atoms with E-state index in [2.05, 4.69) is 0 Å². The number of carbonyl (C=O) groups excluding carboxylic acids is 1. The molecule has 19 heavy (non-hydrogen) atoms. The van der Waals surface area contributed by atoms with E-state index in [1.54, 1.807) is 0 Å². The minimum atomic E-state index is -5.87. The molecular weight excluding hydrogens is 267 g/mol. The van der Waals surface area contributed by atoms with Crippen molar-refractivity contribution in [2.75, 3.05) is 0 Å². The van der Waals surface area contributed by atoms with Crippen LogP contribution in [0, 0.1) is 0 Å². The zero-order valence-electron chi connectivity index (χ0n) is 10.2. The van der Waals surface area contributed by atoms with Crippen LogP contribution in [-0.2, 0) is 6.42 Å². The van der Waals surface area contributed by atoms with Gasteiger partial charge in [-0.3, -0.25) is 4.79 Å². The van der Waals surface area contributed by atoms with E-state index in [-0.39, 0.29) is 0 Å². The lowest BCUT2D eigenvalue weighted by atomic mass is 10.0. The van der Waals surface area contributed by atoms with E-state index >= 15 is 0 Å². The van der Waals surface area contributed by atoms with Gasteiger partial charge in [-0.15, -0.1) is 0 Å². The third kappa shape index (κ3) is 3.52. The molecule has 0 N–H and O–H groups in total. The standard InChI is InChI=1S/C13H13F5O/c1-2-3-4-9-5-7-10(8-6-9)11(19)12(14,15)13(16,17)18/h5-8H,2-4H2,1H3. The SMILES string of the molecule is CCCCc1ccc(C(=O)C(F)(F)C(F)(F)F)cc1. The first-order valence-electron chi connectivity index (χ1n) is 5.78. The Labute approximate surface area is 107 Å². The third-order valence-electron chi connectivity index (χ3n) is 2.68. The van der Waals surface area contributed by atoms with Gasteiger partial charge < -0.3 is 0 Å². The van der Waals surface area contributed by atoms with Crippen molar-refractivity contribution in [1.82, 2.24) is 0 Å². The molecule has 0 bridgehead atoms. The number of Topliss-reactive ketones (excluding diaryl/α,β-unsaturated/α-hetero) is 1. The number of hydrogen-bond donors (Lipinski definition) is 0. The highest BCUT2D eigenvalue weighted by Gasteiger charge is 2.63. The first-order valence-corrected chi connectivity index (χ1v) is 5.78. The van der Waals surface area contributed by atoms with Crippen molar-refractivity contribution in [3.05, 3.63) is 35.4 Å². The molecule has 0 fully saturated rings. The zero-order valence-corrected chi connectivity index (χ0v) is 10.2. The highest BCUT2D eigenvalue weighted by atomic mass is 19.4. The molecule has 0 aromatic heterocycles. The molecule has 1 rings (SSSR count). The second kappa shape index (κ2) is 5.67. The number of alkyl halides is 5. The van der Waals surface area contributed by atoms with Gasteiger partial charge in [-0.05, 0) is 18.4 Å². The van der Waals surface area contributed by atoms with E-state index < -0.39 is 23.4 Å². The molecule has 1 aromatic carbocycles. The maximum absolute atomic E-state index is 12.8. The highest BCUT2D eigenvalue weighted by Crippen LogP contribution is 2.37. The molecule has 1 aromatic rings. The number of rotatable bonds is 5. The zero-order chi connectivity index (χ0) is 14.7. The normalized spacial score (nSPS) is 12.5. The van der Waals surface area contributed by atoms with Crippen LogP contribution < -0.4 is 0 Å². The van der Waals surface area contributed by atoms with Crippen LogP contribution in [0.1, 0.15) is 35.7 Å². The molecule has 1 nitrogen and oxygen atoms in total. The maximum Gasteiger partial charge on any atom is 0.461 e. The smallest absolute Gasteiger partial charge is 0.287 e. The van der Waals surface area contributed by atoms with Gasteiger partial charge in [0.25, 0.3) is 0 Å². The third-order valence-corrected chi connectivity index (χ3v) is 2.68. The lowest BCUT2D eigenvalue weighted by molar-refractivity contribution is -0.255. The number of unbranched alkanes of at least 4 members (excludes halogenated alkanes) is 1. The molecule has 0 spiro atoms. The topological polar surface area (TPSA) is 17.1 Å². The van der Waals surface area contributed by atoms with Crippen LogP contribution in [0.2, 0.25) is 0 Å². The van der Waals surface area contributed by atoms with E-state index in [1.165, 1.54) is 12.1 Å². The fraction of sp³-hybridized carbons (Fsp3) is 0.462. The summed E-state index contributed by atoms with van der Waals surface area (Å²) >= 11 is 0. The van der Waals surface area contributed by atoms with E-state index in [0.717, 1.165) is 30.5 Å². The van der Waals surface area contributed by atoms with Crippen LogP contribution >= 0.6 is 0 Å². The van der Waals surface area contributed by atoms with Crippen molar-refractivity contribution in [3.8, 4) is 0 Å². The van der Waals surface area contributed by atoms with Crippen LogP contribution in [0.25, 0.3) is 0 Å². The molecule has 0 aliphatic carbocycles. The lowest BCUT2D eigenvalue weighted by Crippen LogP contribution is -2.44. The molecule has 6 heteroatoms. The van der Waals surface area contributed by atoms with Gasteiger partial charge in [-0.25, -0.2) is 0 Å². The molecule has 0 aliphatic rings. The highest BCUT2D eigenvalue weighted by molar-refractivity contribution is 6.01. The van der Waals surface area contributed by atoms with Gasteiger partial charge in [0, 0.05) is 5.56 Å². The summed E-state index contributed by atoms with van der Waals surface area (Å²) < 4.78 is 61.8. The minimum Gasteiger partial charge on any atom is -0.287 e. The molecule has 106 valence electrons. The Bertz CT molecular complexity index is 433. The molecular formula is C13H13F5O. The number of benzene rings is 1. The van der Waals surface area contributed by atoms with Crippen LogP contribution in [0.15, 0.2) is 24.3 Å². The number of ketones is 1. The van der Waals surface area contributed by atoms with Crippen molar-refractivity contribution in [2.24, 2.45) is 0 Å². The van der Waals surface area contributed by atoms with Gasteiger partial charge in [0.1, 0.15) is 0 Å². The molecule has 0 aliphatic heterocycles. The Kier molecular flexibility index (Phi) is 4.66. The van der Waals surface area contributed by atoms with Crippen molar-refractivity contribution in [3.63, 3.8) is 0 Å². The Morgan fingerprint density at radius 1 is 1.05 bits per heavy atom. The predicted molar refractivity (Wildman–Crippen MR) is 60.4 cm³/mol. The quantitative estimate of drug-likeness (QED) is 0.576. The first kappa shape index (κ1) is 15.6. The van der Waals surface area contributed by atoms with Crippen molar-refractivity contribution in [2.45, 2.75) is 38.3 Å². The maximum atomic E-state index is 12.8. The van der Waals surface area contributed by atoms with Crippen LogP contribution in [0.5, 0.6) is 0 Å². The lowest BCUT2D eigenvalue weighted by Gasteiger charge is -2.18. The van der Waals surface area contributed by atoms with E-state index in [1.807, 2.05) is 6.92 Å². The number of aryl methyl sites for hydroxylation is 1. The van der Waals surface area contributed by atoms with E-state index in [4.69, 9.17) is 0 Å². The second-order valence-electron chi connectivity index (χ2n) is 4.20. The Morgan fingerprint density at radius 2 is 1.58 bits per heavy atom. The largest absolute Gasteiger partial charge is 0.461 e. The summed E-state index contributed by atoms with van der Waals surface area (Å²) in [6, 6.07) is 4.81. The summed E-state index contributed by atoms with van der Waals surface area (Å²) in [7, 11) is 0. The predicted octanol–water partition coefficient (Wildman–Crippen LogP) is 4.41. The summed E-state index contributed by atoms with van der Waals surface area (Å²) in [6.45, 7) is 1.97. The molecule has 0 saturated carbocycles. The van der Waals surface area contributed by atoms with Gasteiger partial charge >= 0.3 is 12.1 Å². The average Bonchev–Trinajstić information content (AvgIpc) is 2.34. The minimum absolute atomic E-state index is 0.637. The monoisotopic (exact) mass is 280 g/mol. The molecule has 0 unspecified atom stereocenters. The van der Waals surface area contributed by atoms with Gasteiger partial charge in [0.2, 0.25) is 5.78 Å². The molecule has 0 amide bonds. The summed E-state index contributed by atoms with van der Waals surface area (Å²) in [5.74, 6) is -7.57. The first-order chi connectivity index (χ1) is 8.70. The second-order valence-corrected chi connectivity index (χ2v) is 4.20. The molecule has 0 heterocycles. The Balaban J connectivity index is 2.90. The van der Waals surface area contributed by atoms with Crippen molar-refractivity contribution < 1.29 is 26.7 Å².